The van der Waals surface area contributed by atoms with Gasteiger partial charge in [-0.1, -0.05) is 36.6 Å². The van der Waals surface area contributed by atoms with Crippen molar-refractivity contribution in [3.8, 4) is 16.9 Å². The highest BCUT2D eigenvalue weighted by atomic mass is 35.5. The van der Waals surface area contributed by atoms with E-state index < -0.39 is 5.91 Å². The van der Waals surface area contributed by atoms with Crippen molar-refractivity contribution in [2.75, 3.05) is 26.1 Å². The Morgan fingerprint density at radius 1 is 1.25 bits per heavy atom. The number of primary amides is 1. The lowest BCUT2D eigenvalue weighted by molar-refractivity contribution is 0.0809. The first-order valence-electron chi connectivity index (χ1n) is 10.3. The third-order valence-corrected chi connectivity index (χ3v) is 6.00. The maximum atomic E-state index is 11.8. The molecule has 32 heavy (non-hydrogen) atoms. The fourth-order valence-corrected chi connectivity index (χ4v) is 4.48. The molecule has 0 atom stereocenters. The maximum Gasteiger partial charge on any atom is 0.271 e. The Morgan fingerprint density at radius 3 is 2.72 bits per heavy atom. The minimum atomic E-state index is -0.715. The number of ether oxygens (including phenoxy) is 2. The number of carbonyl (C=O) groups is 1. The van der Waals surface area contributed by atoms with Crippen LogP contribution in [-0.4, -0.2) is 46.7 Å². The van der Waals surface area contributed by atoms with Gasteiger partial charge in [-0.05, 0) is 18.9 Å². The Labute approximate surface area is 190 Å². The third-order valence-electron chi connectivity index (χ3n) is 5.81. The van der Waals surface area contributed by atoms with Gasteiger partial charge in [0.15, 0.2) is 10.8 Å². The summed E-state index contributed by atoms with van der Waals surface area (Å²) in [6.07, 6.45) is 8.25. The van der Waals surface area contributed by atoms with Gasteiger partial charge in [0, 0.05) is 30.5 Å². The molecular formula is C22H25ClN6O3. The number of carbonyl (C=O) groups excluding carboxylic acids is 1. The normalized spacial score (nSPS) is 15.0. The molecular weight excluding hydrogens is 432 g/mol. The second-order valence-electron chi connectivity index (χ2n) is 7.84. The van der Waals surface area contributed by atoms with Crippen molar-refractivity contribution in [2.45, 2.75) is 31.2 Å². The summed E-state index contributed by atoms with van der Waals surface area (Å²) in [7, 11) is 3.31. The molecule has 3 N–H and O–H groups in total. The van der Waals surface area contributed by atoms with Crippen molar-refractivity contribution in [1.82, 2.24) is 20.0 Å². The Hall–Kier alpha value is -3.17. The molecule has 2 heterocycles. The van der Waals surface area contributed by atoms with E-state index in [1.807, 2.05) is 35.3 Å². The van der Waals surface area contributed by atoms with E-state index in [-0.39, 0.29) is 16.4 Å². The lowest BCUT2D eigenvalue weighted by Crippen LogP contribution is -2.35. The van der Waals surface area contributed by atoms with E-state index in [0.717, 1.165) is 36.8 Å². The molecule has 3 aromatic rings. The molecule has 0 unspecified atom stereocenters. The summed E-state index contributed by atoms with van der Waals surface area (Å²) >= 11 is 5.97. The van der Waals surface area contributed by atoms with Gasteiger partial charge in [-0.2, -0.15) is 5.10 Å². The molecule has 1 fully saturated rings. The molecule has 1 aliphatic rings. The Bertz CT molecular complexity index is 1130. The van der Waals surface area contributed by atoms with Crippen LogP contribution in [0.25, 0.3) is 11.1 Å². The number of benzene rings is 1. The second-order valence-corrected chi connectivity index (χ2v) is 8.23. The maximum absolute atomic E-state index is 11.8. The molecule has 2 aromatic heterocycles. The summed E-state index contributed by atoms with van der Waals surface area (Å²) in [5, 5.41) is 15.4. The van der Waals surface area contributed by atoms with Crippen molar-refractivity contribution >= 4 is 28.9 Å². The van der Waals surface area contributed by atoms with Gasteiger partial charge in [0.1, 0.15) is 5.75 Å². The molecule has 9 nitrogen and oxygen atoms in total. The van der Waals surface area contributed by atoms with Crippen molar-refractivity contribution in [2.24, 2.45) is 5.73 Å². The average Bonchev–Trinajstić information content (AvgIpc) is 3.44. The van der Waals surface area contributed by atoms with Crippen LogP contribution in [0.3, 0.4) is 0 Å². The number of para-hydroxylation sites is 1. The zero-order chi connectivity index (χ0) is 22.7. The van der Waals surface area contributed by atoms with Gasteiger partial charge in [0.25, 0.3) is 5.91 Å². The lowest BCUT2D eigenvalue weighted by Gasteiger charge is -2.28. The molecule has 10 heteroatoms. The third kappa shape index (κ3) is 4.13. The number of hydrogen-bond acceptors (Lipinski definition) is 7. The molecule has 0 saturated heterocycles. The number of rotatable bonds is 8. The molecule has 0 bridgehead atoms. The first-order valence-corrected chi connectivity index (χ1v) is 10.7. The van der Waals surface area contributed by atoms with E-state index in [2.05, 4.69) is 20.6 Å². The molecule has 1 aliphatic carbocycles. The summed E-state index contributed by atoms with van der Waals surface area (Å²) in [4.78, 5) is 11.8. The molecule has 1 saturated carbocycles. The van der Waals surface area contributed by atoms with Gasteiger partial charge in [-0.25, -0.2) is 0 Å². The topological polar surface area (TPSA) is 117 Å². The summed E-state index contributed by atoms with van der Waals surface area (Å²) in [5.74, 6) is -0.129. The van der Waals surface area contributed by atoms with Crippen LogP contribution in [0.5, 0.6) is 5.75 Å². The van der Waals surface area contributed by atoms with Crippen LogP contribution in [0.1, 0.15) is 36.2 Å². The zero-order valence-electron chi connectivity index (χ0n) is 18.0. The molecule has 1 amide bonds. The largest absolute Gasteiger partial charge is 0.494 e. The molecule has 0 aliphatic heterocycles. The van der Waals surface area contributed by atoms with Crippen LogP contribution >= 0.6 is 11.6 Å². The molecule has 4 rings (SSSR count). The number of aromatic nitrogens is 4. The number of amides is 1. The number of nitrogens with one attached hydrogen (secondary N) is 1. The molecule has 168 valence electrons. The predicted octanol–water partition coefficient (Wildman–Crippen LogP) is 3.76. The average molecular weight is 457 g/mol. The number of nitrogens with zero attached hydrogens (tertiary/aromatic N) is 4. The first kappa shape index (κ1) is 22.0. The van der Waals surface area contributed by atoms with E-state index in [1.54, 1.807) is 14.2 Å². The Balaban J connectivity index is 1.71. The fourth-order valence-electron chi connectivity index (χ4n) is 4.34. The number of anilines is 2. The Kier molecular flexibility index (Phi) is 6.29. The number of nitrogens with two attached hydrogens (primary N) is 1. The van der Waals surface area contributed by atoms with Gasteiger partial charge in [-0.3, -0.25) is 9.48 Å². The molecule has 1 aromatic carbocycles. The number of methoxy groups -OCH3 is 2. The van der Waals surface area contributed by atoms with Crippen LogP contribution < -0.4 is 15.8 Å². The summed E-state index contributed by atoms with van der Waals surface area (Å²) < 4.78 is 13.3. The fraction of sp³-hybridized carbons (Fsp3) is 0.364. The quantitative estimate of drug-likeness (QED) is 0.529. The van der Waals surface area contributed by atoms with E-state index in [9.17, 15) is 4.79 Å². The number of hydrogen-bond donors (Lipinski definition) is 2. The van der Waals surface area contributed by atoms with Gasteiger partial charge in [-0.15, -0.1) is 10.2 Å². The van der Waals surface area contributed by atoms with Gasteiger partial charge >= 0.3 is 0 Å². The van der Waals surface area contributed by atoms with Crippen molar-refractivity contribution in [1.29, 1.82) is 0 Å². The van der Waals surface area contributed by atoms with Crippen molar-refractivity contribution < 1.29 is 14.3 Å². The zero-order valence-corrected chi connectivity index (χ0v) is 18.7. The monoisotopic (exact) mass is 456 g/mol. The predicted molar refractivity (Wildman–Crippen MR) is 121 cm³/mol. The first-order chi connectivity index (χ1) is 15.5. The van der Waals surface area contributed by atoms with E-state index in [0.29, 0.717) is 23.7 Å². The molecule has 0 spiro atoms. The van der Waals surface area contributed by atoms with Crippen molar-refractivity contribution in [3.63, 3.8) is 0 Å². The van der Waals surface area contributed by atoms with Crippen LogP contribution in [0.4, 0.5) is 11.4 Å². The summed E-state index contributed by atoms with van der Waals surface area (Å²) in [6, 6.07) is 7.16. The smallest absolute Gasteiger partial charge is 0.271 e. The second kappa shape index (κ2) is 9.13. The highest BCUT2D eigenvalue weighted by Crippen LogP contribution is 2.41. The SMILES string of the molecule is COCC1(n2cc(-c3cccc(Nc4cc(Cl)nnc4C(N)=O)c3OC)cn2)CCCC1. The van der Waals surface area contributed by atoms with Gasteiger partial charge in [0.2, 0.25) is 0 Å². The van der Waals surface area contributed by atoms with E-state index >= 15 is 0 Å². The highest BCUT2D eigenvalue weighted by Gasteiger charge is 2.36. The van der Waals surface area contributed by atoms with E-state index in [1.165, 1.54) is 6.07 Å². The summed E-state index contributed by atoms with van der Waals surface area (Å²) in [5.41, 5.74) is 8.02. The highest BCUT2D eigenvalue weighted by molar-refractivity contribution is 6.29. The standard InChI is InChI=1S/C22H25ClN6O3/c1-31-13-22(8-3-4-9-22)29-12-14(11-25-29)15-6-5-7-16(20(15)32-2)26-17-10-18(23)27-28-19(17)21(24)30/h5-7,10-12H,3-4,8-9,13H2,1-2H3,(H2,24,30)(H,26,27). The Morgan fingerprint density at radius 2 is 2.03 bits per heavy atom. The van der Waals surface area contributed by atoms with Gasteiger partial charge < -0.3 is 20.5 Å². The summed E-state index contributed by atoms with van der Waals surface area (Å²) in [6.45, 7) is 0.624. The van der Waals surface area contributed by atoms with Crippen LogP contribution in [-0.2, 0) is 10.3 Å². The van der Waals surface area contributed by atoms with E-state index in [4.69, 9.17) is 26.8 Å². The van der Waals surface area contributed by atoms with Crippen LogP contribution in [0.2, 0.25) is 5.15 Å². The minimum Gasteiger partial charge on any atom is -0.494 e. The van der Waals surface area contributed by atoms with Gasteiger partial charge in [0.05, 0.1) is 36.8 Å². The van der Waals surface area contributed by atoms with Crippen molar-refractivity contribution in [3.05, 3.63) is 47.5 Å². The molecule has 0 radical (unpaired) electrons. The number of halogens is 1. The lowest BCUT2D eigenvalue weighted by atomic mass is 9.99. The minimum absolute atomic E-state index is 0.0163. The van der Waals surface area contributed by atoms with Crippen LogP contribution in [0.15, 0.2) is 36.7 Å². The van der Waals surface area contributed by atoms with Crippen LogP contribution in [0, 0.1) is 0 Å².